The quantitative estimate of drug-likeness (QED) is 0.450. The highest BCUT2D eigenvalue weighted by atomic mass is 32.2. The number of amides is 1. The van der Waals surface area contributed by atoms with E-state index in [9.17, 15) is 21.6 Å². The minimum atomic E-state index is -3.83. The lowest BCUT2D eigenvalue weighted by Crippen LogP contribution is -2.24. The van der Waals surface area contributed by atoms with Crippen molar-refractivity contribution in [1.29, 1.82) is 0 Å². The zero-order valence-electron chi connectivity index (χ0n) is 18.4. The summed E-state index contributed by atoms with van der Waals surface area (Å²) in [5.74, 6) is -0.433. The maximum Gasteiger partial charge on any atom is 0.262 e. The number of carbonyl (C=O) groups is 1. The van der Waals surface area contributed by atoms with E-state index in [-0.39, 0.29) is 22.7 Å². The minimum Gasteiger partial charge on any atom is -0.348 e. The number of aryl methyl sites for hydroxylation is 2. The maximum atomic E-state index is 12.9. The van der Waals surface area contributed by atoms with Crippen LogP contribution >= 0.6 is 0 Å². The molecule has 0 radical (unpaired) electrons. The molecule has 8 nitrogen and oxygen atoms in total. The Bertz CT molecular complexity index is 1400. The predicted octanol–water partition coefficient (Wildman–Crippen LogP) is 3.41. The van der Waals surface area contributed by atoms with Crippen molar-refractivity contribution in [2.75, 3.05) is 15.7 Å². The number of benzene rings is 3. The zero-order valence-corrected chi connectivity index (χ0v) is 20.0. The number of rotatable bonds is 8. The standard InChI is InChI=1S/C23H25N3O5S2/c1-16-11-12-17(2)22(13-16)33(30,31)25-20-9-6-8-18(14-20)23(27)24-15-19-7-4-5-10-21(19)26-32(3,28)29/h4-14,25-26H,15H2,1-3H3,(H,24,27). The first-order valence-corrected chi connectivity index (χ1v) is 13.4. The van der Waals surface area contributed by atoms with Crippen molar-refractivity contribution in [3.05, 3.63) is 89.0 Å². The van der Waals surface area contributed by atoms with Crippen LogP contribution in [0.25, 0.3) is 0 Å². The van der Waals surface area contributed by atoms with Gasteiger partial charge < -0.3 is 5.32 Å². The molecule has 3 rings (SSSR count). The van der Waals surface area contributed by atoms with Gasteiger partial charge >= 0.3 is 0 Å². The average molecular weight is 488 g/mol. The molecule has 3 aromatic carbocycles. The fourth-order valence-electron chi connectivity index (χ4n) is 3.18. The van der Waals surface area contributed by atoms with Crippen molar-refractivity contribution in [3.8, 4) is 0 Å². The van der Waals surface area contributed by atoms with E-state index in [1.165, 1.54) is 6.07 Å². The zero-order chi connectivity index (χ0) is 24.2. The molecule has 3 aromatic rings. The van der Waals surface area contributed by atoms with Gasteiger partial charge in [0.15, 0.2) is 0 Å². The third-order valence-corrected chi connectivity index (χ3v) is 6.88. The molecule has 174 valence electrons. The molecule has 0 aliphatic heterocycles. The van der Waals surface area contributed by atoms with Crippen molar-refractivity contribution >= 4 is 37.3 Å². The average Bonchev–Trinajstić information content (AvgIpc) is 2.73. The van der Waals surface area contributed by atoms with E-state index in [0.29, 0.717) is 16.8 Å². The largest absolute Gasteiger partial charge is 0.348 e. The molecule has 0 spiro atoms. The molecule has 0 saturated heterocycles. The van der Waals surface area contributed by atoms with Crippen LogP contribution in [0.5, 0.6) is 0 Å². The molecule has 0 heterocycles. The highest BCUT2D eigenvalue weighted by Gasteiger charge is 2.18. The highest BCUT2D eigenvalue weighted by molar-refractivity contribution is 7.92. The van der Waals surface area contributed by atoms with Gasteiger partial charge in [-0.15, -0.1) is 0 Å². The number of para-hydroxylation sites is 1. The predicted molar refractivity (Wildman–Crippen MR) is 129 cm³/mol. The van der Waals surface area contributed by atoms with E-state index in [2.05, 4.69) is 14.8 Å². The summed E-state index contributed by atoms with van der Waals surface area (Å²) in [7, 11) is -7.30. The molecule has 0 aliphatic rings. The van der Waals surface area contributed by atoms with E-state index in [0.717, 1.165) is 11.8 Å². The molecule has 33 heavy (non-hydrogen) atoms. The molecule has 0 atom stereocenters. The summed E-state index contributed by atoms with van der Waals surface area (Å²) in [5.41, 5.74) is 2.90. The molecular weight excluding hydrogens is 462 g/mol. The smallest absolute Gasteiger partial charge is 0.262 e. The Hall–Kier alpha value is -3.37. The van der Waals surface area contributed by atoms with E-state index in [4.69, 9.17) is 0 Å². The van der Waals surface area contributed by atoms with Crippen LogP contribution in [0, 0.1) is 13.8 Å². The summed E-state index contributed by atoms with van der Waals surface area (Å²) in [6, 6.07) is 18.0. The Morgan fingerprint density at radius 2 is 1.58 bits per heavy atom. The fourth-order valence-corrected chi connectivity index (χ4v) is 5.16. The third-order valence-electron chi connectivity index (χ3n) is 4.76. The normalized spacial score (nSPS) is 11.6. The lowest BCUT2D eigenvalue weighted by Gasteiger charge is -2.13. The Balaban J connectivity index is 1.75. The maximum absolute atomic E-state index is 12.9. The van der Waals surface area contributed by atoms with Crippen LogP contribution < -0.4 is 14.8 Å². The van der Waals surface area contributed by atoms with Crippen molar-refractivity contribution in [3.63, 3.8) is 0 Å². The summed E-state index contributed by atoms with van der Waals surface area (Å²) in [5, 5.41) is 2.73. The lowest BCUT2D eigenvalue weighted by atomic mass is 10.1. The molecule has 1 amide bonds. The van der Waals surface area contributed by atoms with Crippen LogP contribution in [-0.4, -0.2) is 29.0 Å². The number of anilines is 2. The molecule has 0 unspecified atom stereocenters. The number of sulfonamides is 2. The Morgan fingerprint density at radius 3 is 2.30 bits per heavy atom. The molecule has 0 aliphatic carbocycles. The second-order valence-corrected chi connectivity index (χ2v) is 11.1. The van der Waals surface area contributed by atoms with Crippen molar-refractivity contribution in [1.82, 2.24) is 5.32 Å². The molecule has 0 bridgehead atoms. The van der Waals surface area contributed by atoms with Crippen LogP contribution in [0.4, 0.5) is 11.4 Å². The summed E-state index contributed by atoms with van der Waals surface area (Å²) in [6.45, 7) is 3.61. The first-order valence-electron chi connectivity index (χ1n) is 9.99. The van der Waals surface area contributed by atoms with Gasteiger partial charge in [-0.2, -0.15) is 0 Å². The van der Waals surface area contributed by atoms with Gasteiger partial charge in [0.05, 0.1) is 16.8 Å². The molecule has 3 N–H and O–H groups in total. The SMILES string of the molecule is Cc1ccc(C)c(S(=O)(=O)Nc2cccc(C(=O)NCc3ccccc3NS(C)(=O)=O)c2)c1. The molecule has 0 saturated carbocycles. The van der Waals surface area contributed by atoms with Gasteiger partial charge in [-0.05, 0) is 60.9 Å². The molecular formula is C23H25N3O5S2. The van der Waals surface area contributed by atoms with Crippen LogP contribution in [0.2, 0.25) is 0 Å². The van der Waals surface area contributed by atoms with E-state index in [1.54, 1.807) is 61.5 Å². The van der Waals surface area contributed by atoms with Crippen molar-refractivity contribution in [2.24, 2.45) is 0 Å². The number of carbonyl (C=O) groups excluding carboxylic acids is 1. The van der Waals surface area contributed by atoms with E-state index in [1.807, 2.05) is 13.0 Å². The Kier molecular flexibility index (Phi) is 7.09. The van der Waals surface area contributed by atoms with Crippen LogP contribution in [0.15, 0.2) is 71.6 Å². The van der Waals surface area contributed by atoms with Gasteiger partial charge in [0, 0.05) is 17.8 Å². The summed E-state index contributed by atoms with van der Waals surface area (Å²) in [4.78, 5) is 12.8. The number of hydrogen-bond donors (Lipinski definition) is 3. The van der Waals surface area contributed by atoms with Gasteiger partial charge in [0.1, 0.15) is 0 Å². The lowest BCUT2D eigenvalue weighted by molar-refractivity contribution is 0.0951. The van der Waals surface area contributed by atoms with E-state index < -0.39 is 26.0 Å². The van der Waals surface area contributed by atoms with Crippen molar-refractivity contribution < 1.29 is 21.6 Å². The van der Waals surface area contributed by atoms with Gasteiger partial charge in [-0.3, -0.25) is 14.2 Å². The van der Waals surface area contributed by atoms with E-state index >= 15 is 0 Å². The van der Waals surface area contributed by atoms with Gasteiger partial charge in [0.25, 0.3) is 15.9 Å². The fraction of sp³-hybridized carbons (Fsp3) is 0.174. The molecule has 0 fully saturated rings. The number of nitrogens with one attached hydrogen (secondary N) is 3. The molecule has 0 aromatic heterocycles. The first kappa shape index (κ1) is 24.3. The van der Waals surface area contributed by atoms with Gasteiger partial charge in [-0.25, -0.2) is 16.8 Å². The summed E-state index contributed by atoms with van der Waals surface area (Å²) in [6.07, 6.45) is 1.05. The van der Waals surface area contributed by atoms with Crippen LogP contribution in [-0.2, 0) is 26.6 Å². The van der Waals surface area contributed by atoms with Crippen molar-refractivity contribution in [2.45, 2.75) is 25.3 Å². The first-order chi connectivity index (χ1) is 15.4. The number of hydrogen-bond acceptors (Lipinski definition) is 5. The topological polar surface area (TPSA) is 121 Å². The Labute approximate surface area is 194 Å². The molecule has 10 heteroatoms. The van der Waals surface area contributed by atoms with Gasteiger partial charge in [-0.1, -0.05) is 36.4 Å². The Morgan fingerprint density at radius 1 is 0.848 bits per heavy atom. The van der Waals surface area contributed by atoms with Crippen LogP contribution in [0.1, 0.15) is 27.0 Å². The minimum absolute atomic E-state index is 0.0793. The second kappa shape index (κ2) is 9.63. The highest BCUT2D eigenvalue weighted by Crippen LogP contribution is 2.22. The summed E-state index contributed by atoms with van der Waals surface area (Å²) < 4.78 is 53.7. The monoisotopic (exact) mass is 487 g/mol. The van der Waals surface area contributed by atoms with Gasteiger partial charge in [0.2, 0.25) is 10.0 Å². The van der Waals surface area contributed by atoms with Crippen LogP contribution in [0.3, 0.4) is 0 Å². The second-order valence-electron chi connectivity index (χ2n) is 7.67. The third kappa shape index (κ3) is 6.56. The summed E-state index contributed by atoms with van der Waals surface area (Å²) >= 11 is 0.